The molecular weight excluding hydrogens is 340 g/mol. The van der Waals surface area contributed by atoms with Gasteiger partial charge in [-0.05, 0) is 24.0 Å². The number of benzene rings is 1. The number of ether oxygens (including phenoxy) is 1. The van der Waals surface area contributed by atoms with Gasteiger partial charge in [0.1, 0.15) is 0 Å². The van der Waals surface area contributed by atoms with Crippen LogP contribution in [0.3, 0.4) is 0 Å². The Balaban J connectivity index is 1.53. The lowest BCUT2D eigenvalue weighted by Crippen LogP contribution is -2.37. The predicted molar refractivity (Wildman–Crippen MR) is 104 cm³/mol. The second kappa shape index (κ2) is 7.27. The van der Waals surface area contributed by atoms with Crippen LogP contribution in [0.1, 0.15) is 59.9 Å². The zero-order valence-electron chi connectivity index (χ0n) is 16.2. The molecule has 0 spiro atoms. The summed E-state index contributed by atoms with van der Waals surface area (Å²) >= 11 is 0. The summed E-state index contributed by atoms with van der Waals surface area (Å²) < 4.78 is 5.39. The smallest absolute Gasteiger partial charge is 0.258 e. The van der Waals surface area contributed by atoms with E-state index in [0.29, 0.717) is 37.2 Å². The zero-order valence-corrected chi connectivity index (χ0v) is 16.2. The fourth-order valence-corrected chi connectivity index (χ4v) is 3.66. The van der Waals surface area contributed by atoms with Gasteiger partial charge in [0.05, 0.1) is 37.1 Å². The number of carbonyl (C=O) groups excluding carboxylic acids is 1. The molecule has 0 unspecified atom stereocenters. The van der Waals surface area contributed by atoms with Crippen molar-refractivity contribution in [2.45, 2.75) is 39.3 Å². The van der Waals surface area contributed by atoms with Crippen LogP contribution in [0, 0.1) is 0 Å². The Morgan fingerprint density at radius 2 is 1.70 bits per heavy atom. The lowest BCUT2D eigenvalue weighted by Gasteiger charge is -2.26. The van der Waals surface area contributed by atoms with E-state index in [-0.39, 0.29) is 11.9 Å². The predicted octanol–water partition coefficient (Wildman–Crippen LogP) is 3.15. The number of amides is 1. The van der Waals surface area contributed by atoms with Crippen LogP contribution in [0.25, 0.3) is 0 Å². The number of rotatable bonds is 4. The van der Waals surface area contributed by atoms with E-state index in [2.05, 4.69) is 59.9 Å². The summed E-state index contributed by atoms with van der Waals surface area (Å²) in [7, 11) is 0. The fraction of sp³-hybridized carbons (Fsp3) is 0.476. The van der Waals surface area contributed by atoms with Crippen LogP contribution in [-0.2, 0) is 11.3 Å². The van der Waals surface area contributed by atoms with Gasteiger partial charge in [0, 0.05) is 19.3 Å². The molecule has 4 rings (SSSR count). The van der Waals surface area contributed by atoms with E-state index in [0.717, 1.165) is 24.3 Å². The van der Waals surface area contributed by atoms with E-state index in [1.54, 1.807) is 6.20 Å². The van der Waals surface area contributed by atoms with Crippen LogP contribution in [0.4, 0.5) is 5.95 Å². The number of hydrogen-bond acceptors (Lipinski definition) is 5. The van der Waals surface area contributed by atoms with Crippen LogP contribution in [0.15, 0.2) is 30.5 Å². The summed E-state index contributed by atoms with van der Waals surface area (Å²) in [5.74, 6) is 1.21. The average Bonchev–Trinajstić information content (AvgIpc) is 3.04. The molecule has 1 saturated heterocycles. The van der Waals surface area contributed by atoms with E-state index >= 15 is 0 Å². The third-order valence-corrected chi connectivity index (χ3v) is 5.51. The van der Waals surface area contributed by atoms with Gasteiger partial charge in [0.2, 0.25) is 5.95 Å². The second-order valence-corrected chi connectivity index (χ2v) is 7.56. The first-order valence-electron chi connectivity index (χ1n) is 9.64. The molecule has 2 aromatic rings. The van der Waals surface area contributed by atoms with E-state index in [4.69, 9.17) is 4.74 Å². The molecule has 1 atom stereocenters. The Bertz CT molecular complexity index is 829. The minimum absolute atomic E-state index is 0.000232. The van der Waals surface area contributed by atoms with Crippen molar-refractivity contribution < 1.29 is 9.53 Å². The molecule has 142 valence electrons. The Morgan fingerprint density at radius 3 is 2.37 bits per heavy atom. The highest BCUT2D eigenvalue weighted by Gasteiger charge is 2.33. The first-order chi connectivity index (χ1) is 13.0. The molecule has 27 heavy (non-hydrogen) atoms. The van der Waals surface area contributed by atoms with Crippen molar-refractivity contribution >= 4 is 11.9 Å². The Hall–Kier alpha value is -2.47. The van der Waals surface area contributed by atoms with Crippen molar-refractivity contribution in [3.63, 3.8) is 0 Å². The van der Waals surface area contributed by atoms with Gasteiger partial charge in [-0.1, -0.05) is 38.1 Å². The third-order valence-electron chi connectivity index (χ3n) is 5.51. The molecule has 3 heterocycles. The summed E-state index contributed by atoms with van der Waals surface area (Å²) in [5.41, 5.74) is 3.89. The maximum Gasteiger partial charge on any atom is 0.258 e. The zero-order chi connectivity index (χ0) is 19.0. The van der Waals surface area contributed by atoms with Crippen molar-refractivity contribution in [3.05, 3.63) is 52.8 Å². The third kappa shape index (κ3) is 3.41. The Kier molecular flexibility index (Phi) is 4.83. The van der Waals surface area contributed by atoms with Gasteiger partial charge >= 0.3 is 0 Å². The molecular formula is C21H26N4O2. The summed E-state index contributed by atoms with van der Waals surface area (Å²) in [6, 6.07) is 8.56. The SMILES string of the molecule is CC(C)c1ccc([C@H](C)N2Cc3nc(N4CCOCC4)ncc3C2=O)cc1. The van der Waals surface area contributed by atoms with Gasteiger partial charge in [0.25, 0.3) is 5.91 Å². The molecule has 1 amide bonds. The molecule has 1 aromatic carbocycles. The molecule has 6 heteroatoms. The highest BCUT2D eigenvalue weighted by Crippen LogP contribution is 2.31. The van der Waals surface area contributed by atoms with Gasteiger partial charge in [-0.25, -0.2) is 9.97 Å². The van der Waals surface area contributed by atoms with Crippen LogP contribution in [0.5, 0.6) is 0 Å². The molecule has 0 aliphatic carbocycles. The average molecular weight is 366 g/mol. The molecule has 1 aromatic heterocycles. The van der Waals surface area contributed by atoms with Crippen molar-refractivity contribution in [1.82, 2.24) is 14.9 Å². The Morgan fingerprint density at radius 1 is 1.04 bits per heavy atom. The summed E-state index contributed by atoms with van der Waals surface area (Å²) in [5, 5.41) is 0. The number of nitrogens with zero attached hydrogens (tertiary/aromatic N) is 4. The van der Waals surface area contributed by atoms with Crippen molar-refractivity contribution in [2.75, 3.05) is 31.2 Å². The van der Waals surface area contributed by atoms with Crippen molar-refractivity contribution in [3.8, 4) is 0 Å². The van der Waals surface area contributed by atoms with Gasteiger partial charge in [-0.3, -0.25) is 4.79 Å². The van der Waals surface area contributed by atoms with E-state index in [1.807, 2.05) is 4.90 Å². The maximum absolute atomic E-state index is 12.9. The first kappa shape index (κ1) is 17.9. The first-order valence-corrected chi connectivity index (χ1v) is 9.64. The maximum atomic E-state index is 12.9. The van der Waals surface area contributed by atoms with E-state index in [1.165, 1.54) is 5.56 Å². The summed E-state index contributed by atoms with van der Waals surface area (Å²) in [6.45, 7) is 9.92. The minimum Gasteiger partial charge on any atom is -0.378 e. The monoisotopic (exact) mass is 366 g/mol. The fourth-order valence-electron chi connectivity index (χ4n) is 3.66. The molecule has 0 bridgehead atoms. The highest BCUT2D eigenvalue weighted by molar-refractivity contribution is 5.97. The highest BCUT2D eigenvalue weighted by atomic mass is 16.5. The van der Waals surface area contributed by atoms with Crippen LogP contribution in [-0.4, -0.2) is 47.1 Å². The van der Waals surface area contributed by atoms with Crippen molar-refractivity contribution in [1.29, 1.82) is 0 Å². The number of hydrogen-bond donors (Lipinski definition) is 0. The molecule has 2 aliphatic heterocycles. The summed E-state index contributed by atoms with van der Waals surface area (Å²) in [4.78, 5) is 26.0. The molecule has 0 saturated carbocycles. The molecule has 6 nitrogen and oxygen atoms in total. The number of carbonyl (C=O) groups is 1. The van der Waals surface area contributed by atoms with Gasteiger partial charge in [0.15, 0.2) is 0 Å². The largest absolute Gasteiger partial charge is 0.378 e. The lowest BCUT2D eigenvalue weighted by molar-refractivity contribution is 0.0715. The van der Waals surface area contributed by atoms with Crippen LogP contribution in [0.2, 0.25) is 0 Å². The second-order valence-electron chi connectivity index (χ2n) is 7.56. The van der Waals surface area contributed by atoms with Gasteiger partial charge < -0.3 is 14.5 Å². The molecule has 0 radical (unpaired) electrons. The number of fused-ring (bicyclic) bond motifs is 1. The minimum atomic E-state index is -0.000232. The number of aromatic nitrogens is 2. The van der Waals surface area contributed by atoms with Crippen LogP contribution < -0.4 is 4.90 Å². The quantitative estimate of drug-likeness (QED) is 0.832. The number of anilines is 1. The van der Waals surface area contributed by atoms with Gasteiger partial charge in [-0.2, -0.15) is 0 Å². The molecule has 1 fully saturated rings. The topological polar surface area (TPSA) is 58.6 Å². The lowest BCUT2D eigenvalue weighted by atomic mass is 9.99. The van der Waals surface area contributed by atoms with Crippen LogP contribution >= 0.6 is 0 Å². The normalized spacial score (nSPS) is 18.1. The Labute approximate surface area is 160 Å². The van der Waals surface area contributed by atoms with Gasteiger partial charge in [-0.15, -0.1) is 0 Å². The van der Waals surface area contributed by atoms with Crippen molar-refractivity contribution in [2.24, 2.45) is 0 Å². The molecule has 2 aliphatic rings. The summed E-state index contributed by atoms with van der Waals surface area (Å²) in [6.07, 6.45) is 1.68. The van der Waals surface area contributed by atoms with E-state index < -0.39 is 0 Å². The molecule has 0 N–H and O–H groups in total. The standard InChI is InChI=1S/C21H26N4O2/c1-14(2)16-4-6-17(7-5-16)15(3)25-13-19-18(20(25)26)12-22-21(23-19)24-8-10-27-11-9-24/h4-7,12,14-15H,8-11,13H2,1-3H3/t15-/m0/s1. The number of morpholine rings is 1. The van der Waals surface area contributed by atoms with E-state index in [9.17, 15) is 4.79 Å².